The van der Waals surface area contributed by atoms with Crippen LogP contribution in [0.25, 0.3) is 11.0 Å². The van der Waals surface area contributed by atoms with E-state index in [1.54, 1.807) is 23.5 Å². The molecule has 64 heavy (non-hydrogen) atoms. The van der Waals surface area contributed by atoms with Crippen molar-refractivity contribution in [1.29, 1.82) is 0 Å². The Bertz CT molecular complexity index is 2610. The van der Waals surface area contributed by atoms with E-state index >= 15 is 4.39 Å². The van der Waals surface area contributed by atoms with Gasteiger partial charge in [0.05, 0.1) is 33.7 Å². The maximum absolute atomic E-state index is 15.6. The number of sulfonamides is 1. The zero-order chi connectivity index (χ0) is 44.9. The monoisotopic (exact) mass is 921 g/mol. The second-order valence-corrected chi connectivity index (χ2v) is 22.0. The second kappa shape index (κ2) is 16.1. The van der Waals surface area contributed by atoms with Crippen molar-refractivity contribution in [2.24, 2.45) is 5.41 Å². The van der Waals surface area contributed by atoms with Crippen LogP contribution in [0.4, 0.5) is 16.0 Å². The van der Waals surface area contributed by atoms with E-state index in [0.29, 0.717) is 101 Å². The number of likely N-dealkylation sites (tertiary alicyclic amines) is 1. The first-order valence-electron chi connectivity index (χ1n) is 22.6. The van der Waals surface area contributed by atoms with E-state index in [2.05, 4.69) is 20.5 Å². The molecule has 0 bridgehead atoms. The van der Waals surface area contributed by atoms with Gasteiger partial charge in [0.25, 0.3) is 17.4 Å². The average Bonchev–Trinajstić information content (AvgIpc) is 3.73. The highest BCUT2D eigenvalue weighted by Gasteiger charge is 2.50. The summed E-state index contributed by atoms with van der Waals surface area (Å²) in [6.07, 6.45) is 9.59. The van der Waals surface area contributed by atoms with E-state index in [-0.39, 0.29) is 46.1 Å². The smallest absolute Gasteiger partial charge is 0.271 e. The van der Waals surface area contributed by atoms with Gasteiger partial charge in [-0.25, -0.2) is 22.1 Å². The summed E-state index contributed by atoms with van der Waals surface area (Å²) in [5, 5.41) is 16.8. The van der Waals surface area contributed by atoms with Crippen LogP contribution in [0, 0.1) is 11.2 Å². The van der Waals surface area contributed by atoms with Gasteiger partial charge in [-0.05, 0) is 121 Å². The average molecular weight is 922 g/mol. The number of rotatable bonds is 8. The van der Waals surface area contributed by atoms with Crippen LogP contribution in [0.5, 0.6) is 0 Å². The molecule has 3 aromatic rings. The Morgan fingerprint density at radius 3 is 2.23 bits per heavy atom. The van der Waals surface area contributed by atoms with E-state index in [9.17, 15) is 37.5 Å². The zero-order valence-electron chi connectivity index (χ0n) is 35.7. The maximum Gasteiger partial charge on any atom is 0.271 e. The number of fused-ring (bicyclic) bond motifs is 2. The number of anilines is 2. The Morgan fingerprint density at radius 2 is 1.58 bits per heavy atom. The Morgan fingerprint density at radius 1 is 0.891 bits per heavy atom. The summed E-state index contributed by atoms with van der Waals surface area (Å²) < 4.78 is 46.5. The van der Waals surface area contributed by atoms with Gasteiger partial charge in [0.2, 0.25) is 27.8 Å². The largest absolute Gasteiger partial charge is 0.388 e. The van der Waals surface area contributed by atoms with Gasteiger partial charge in [-0.3, -0.25) is 38.8 Å². The highest BCUT2D eigenvalue weighted by Crippen LogP contribution is 2.52. The minimum Gasteiger partial charge on any atom is -0.388 e. The topological polar surface area (TPSA) is 207 Å². The number of halogens is 2. The number of pyridine rings is 1. The molecule has 4 saturated heterocycles. The molecule has 5 aliphatic heterocycles. The number of nitrogens with one attached hydrogen (secondary N) is 2. The summed E-state index contributed by atoms with van der Waals surface area (Å²) in [6, 6.07) is 2.79. The first-order valence-corrected chi connectivity index (χ1v) is 24.5. The number of aromatic nitrogens is 3. The fourth-order valence-corrected chi connectivity index (χ4v) is 13.9. The van der Waals surface area contributed by atoms with Gasteiger partial charge < -0.3 is 20.2 Å². The molecule has 7 heterocycles. The number of carbonyl (C=O) groups excluding carboxylic acids is 4. The number of hydrogen-bond acceptors (Lipinski definition) is 13. The normalized spacial score (nSPS) is 27.7. The molecule has 3 atom stereocenters. The summed E-state index contributed by atoms with van der Waals surface area (Å²) >= 11 is 6.31. The van der Waals surface area contributed by atoms with E-state index < -0.39 is 68.0 Å². The minimum atomic E-state index is -3.51. The lowest BCUT2D eigenvalue weighted by Crippen LogP contribution is -2.57. The fraction of sp³-hybridized carbons (Fsp3) is 0.614. The van der Waals surface area contributed by atoms with E-state index in [1.807, 2.05) is 4.90 Å². The van der Waals surface area contributed by atoms with Gasteiger partial charge in [-0.2, -0.15) is 4.98 Å². The van der Waals surface area contributed by atoms with Crippen molar-refractivity contribution in [3.8, 4) is 0 Å². The SMILES string of the molecule is C[C@@]1(O)CCC[C@H]1n1c(=O)c(Cl)cc2cnc(NC3CCN(S(=O)(=O)C4CCN(C5CC6(CCN(c7cc8c(cc7F)C(=O)N(C7CCC(=O)NC7=O)C8=O)CC6)C5)CC4)CC3)nc21. The lowest BCUT2D eigenvalue weighted by atomic mass is 9.59. The van der Waals surface area contributed by atoms with Gasteiger partial charge in [0.1, 0.15) is 22.5 Å². The molecule has 6 fully saturated rings. The molecular weight excluding hydrogens is 869 g/mol. The van der Waals surface area contributed by atoms with Crippen molar-refractivity contribution in [3.05, 3.63) is 56.7 Å². The molecule has 10 rings (SSSR count). The number of aliphatic hydroxyl groups is 1. The van der Waals surface area contributed by atoms with Gasteiger partial charge in [0, 0.05) is 56.3 Å². The molecule has 20 heteroatoms. The summed E-state index contributed by atoms with van der Waals surface area (Å²) in [5.74, 6) is -2.83. The van der Waals surface area contributed by atoms with E-state index in [0.717, 1.165) is 43.1 Å². The third kappa shape index (κ3) is 7.48. The summed E-state index contributed by atoms with van der Waals surface area (Å²) in [7, 11) is -3.51. The summed E-state index contributed by atoms with van der Waals surface area (Å²) in [6.45, 7) is 5.10. The Kier molecular flexibility index (Phi) is 10.9. The lowest BCUT2D eigenvalue weighted by Gasteiger charge is -2.56. The quantitative estimate of drug-likeness (QED) is 0.277. The first-order chi connectivity index (χ1) is 30.5. The molecule has 1 spiro atoms. The molecule has 1 unspecified atom stereocenters. The van der Waals surface area contributed by atoms with Crippen LogP contribution in [-0.4, -0.2) is 134 Å². The molecule has 7 aliphatic rings. The molecule has 1 aromatic carbocycles. The van der Waals surface area contributed by atoms with Crippen molar-refractivity contribution in [3.63, 3.8) is 0 Å². The fourth-order valence-electron chi connectivity index (χ4n) is 11.7. The van der Waals surface area contributed by atoms with Crippen LogP contribution >= 0.6 is 11.6 Å². The number of piperidine rings is 4. The number of hydrogen-bond donors (Lipinski definition) is 3. The number of benzene rings is 1. The van der Waals surface area contributed by atoms with Crippen molar-refractivity contribution >= 4 is 67.9 Å². The highest BCUT2D eigenvalue weighted by molar-refractivity contribution is 7.89. The maximum atomic E-state index is 15.6. The third-order valence-electron chi connectivity index (χ3n) is 15.5. The van der Waals surface area contributed by atoms with Crippen molar-refractivity contribution in [2.45, 2.75) is 125 Å². The molecule has 3 N–H and O–H groups in total. The van der Waals surface area contributed by atoms with Crippen molar-refractivity contribution < 1.29 is 37.1 Å². The molecule has 0 radical (unpaired) electrons. The molecule has 342 valence electrons. The van der Waals surface area contributed by atoms with Crippen molar-refractivity contribution in [1.82, 2.24) is 34.0 Å². The van der Waals surface area contributed by atoms with Crippen LogP contribution in [0.15, 0.2) is 29.2 Å². The van der Waals surface area contributed by atoms with Gasteiger partial charge in [0.15, 0.2) is 0 Å². The molecule has 2 aromatic heterocycles. The molecule has 2 aliphatic carbocycles. The summed E-state index contributed by atoms with van der Waals surface area (Å²) in [4.78, 5) is 78.3. The van der Waals surface area contributed by atoms with Gasteiger partial charge in [-0.15, -0.1) is 0 Å². The molecule has 2 saturated carbocycles. The number of imide groups is 2. The lowest BCUT2D eigenvalue weighted by molar-refractivity contribution is -0.136. The van der Waals surface area contributed by atoms with Crippen LogP contribution in [0.2, 0.25) is 5.02 Å². The van der Waals surface area contributed by atoms with Crippen LogP contribution in [-0.2, 0) is 19.6 Å². The Hall–Kier alpha value is -4.56. The second-order valence-electron chi connectivity index (χ2n) is 19.3. The van der Waals surface area contributed by atoms with Crippen LogP contribution in [0.1, 0.15) is 117 Å². The van der Waals surface area contributed by atoms with Crippen molar-refractivity contribution in [2.75, 3.05) is 49.5 Å². The Balaban J connectivity index is 0.698. The van der Waals surface area contributed by atoms with Crippen LogP contribution < -0.4 is 21.1 Å². The molecular formula is C44H53ClFN9O8S. The van der Waals surface area contributed by atoms with E-state index in [4.69, 9.17) is 16.6 Å². The van der Waals surface area contributed by atoms with Gasteiger partial charge >= 0.3 is 0 Å². The standard InChI is InChI=1S/C44H53ClFN9O8S/c1-43(61)10-2-3-35(43)55-37-25(19-31(45)41(55)60)24-47-42(50-37)48-26-6-15-53(16-7-26)64(62,63)28-8-13-51(14-9-28)27-22-44(23-27)11-17-52(18-12-44)34-21-30-29(20-32(34)46)39(58)54(40(30)59)33-4-5-36(56)49-38(33)57/h19-21,24,26-28,33,35,61H,2-18,22-23H2,1H3,(H,47,48,50)(H,49,56,57)/t33?,35-,43-/m1/s1. The number of amides is 4. The Labute approximate surface area is 374 Å². The molecule has 4 amide bonds. The van der Waals surface area contributed by atoms with Gasteiger partial charge in [-0.1, -0.05) is 11.6 Å². The highest BCUT2D eigenvalue weighted by atomic mass is 35.5. The van der Waals surface area contributed by atoms with Crippen LogP contribution in [0.3, 0.4) is 0 Å². The molecule has 17 nitrogen and oxygen atoms in total. The minimum absolute atomic E-state index is 0.00410. The zero-order valence-corrected chi connectivity index (χ0v) is 37.3. The predicted molar refractivity (Wildman–Crippen MR) is 234 cm³/mol. The first kappa shape index (κ1) is 43.3. The number of nitrogens with zero attached hydrogens (tertiary/aromatic N) is 7. The number of carbonyl (C=O) groups is 4. The third-order valence-corrected chi connectivity index (χ3v) is 18.2. The summed E-state index contributed by atoms with van der Waals surface area (Å²) in [5.41, 5.74) is -0.712. The predicted octanol–water partition coefficient (Wildman–Crippen LogP) is 3.58. The van der Waals surface area contributed by atoms with E-state index in [1.165, 1.54) is 10.6 Å².